The summed E-state index contributed by atoms with van der Waals surface area (Å²) in [5.41, 5.74) is 5.41. The van der Waals surface area contributed by atoms with Crippen molar-refractivity contribution in [3.63, 3.8) is 0 Å². The Morgan fingerprint density at radius 3 is 1.49 bits per heavy atom. The average Bonchev–Trinajstić information content (AvgIpc) is 3.60. The van der Waals surface area contributed by atoms with Crippen molar-refractivity contribution in [1.82, 2.24) is 19.9 Å². The molecule has 0 aliphatic carbocycles. The van der Waals surface area contributed by atoms with Crippen molar-refractivity contribution in [2.75, 3.05) is 15.1 Å². The van der Waals surface area contributed by atoms with E-state index in [1.54, 1.807) is 61.2 Å². The van der Waals surface area contributed by atoms with E-state index >= 15 is 0 Å². The number of aryl methyl sites for hydroxylation is 2. The van der Waals surface area contributed by atoms with Gasteiger partial charge in [-0.25, -0.2) is 29.7 Å². The van der Waals surface area contributed by atoms with Crippen LogP contribution in [0.4, 0.5) is 17.3 Å². The first-order valence-electron chi connectivity index (χ1n) is 17.2. The van der Waals surface area contributed by atoms with Gasteiger partial charge in [-0.1, -0.05) is 30.3 Å². The van der Waals surface area contributed by atoms with Gasteiger partial charge in [-0.3, -0.25) is 34.1 Å². The minimum atomic E-state index is -0.544. The molecule has 2 aromatic heterocycles. The van der Waals surface area contributed by atoms with E-state index in [-0.39, 0.29) is 46.0 Å². The number of carbonyl (C=O) groups excluding carboxylic acids is 6. The van der Waals surface area contributed by atoms with E-state index in [0.29, 0.717) is 29.2 Å². The van der Waals surface area contributed by atoms with E-state index in [2.05, 4.69) is 25.3 Å². The minimum Gasteiger partial charge on any atom is -0.294 e. The highest BCUT2D eigenvalue weighted by atomic mass is 16.2. The molecule has 2 aliphatic rings. The molecule has 0 fully saturated rings. The SMILES string of the molecule is Cc1cnc(CC(=O)c2ccc3c(c2)C(=O)N(c2ccc(Cc4ccc(N5C(=O)c6ccc(C(=O)Nc7ncc(C)cn7)cc6C5=O)cc4)cc2)C3=O)nc1. The maximum absolute atomic E-state index is 13.4. The van der Waals surface area contributed by atoms with Crippen LogP contribution < -0.4 is 15.1 Å². The lowest BCUT2D eigenvalue weighted by molar-refractivity contribution is 0.0910. The number of ketones is 1. The number of nitrogens with one attached hydrogen (secondary N) is 1. The second-order valence-corrected chi connectivity index (χ2v) is 13.2. The Hall–Kier alpha value is -7.54. The van der Waals surface area contributed by atoms with Gasteiger partial charge in [-0.15, -0.1) is 0 Å². The monoisotopic (exact) mass is 727 g/mol. The van der Waals surface area contributed by atoms with Gasteiger partial charge in [0.25, 0.3) is 29.5 Å². The van der Waals surface area contributed by atoms with E-state index in [0.717, 1.165) is 32.1 Å². The Balaban J connectivity index is 0.918. The van der Waals surface area contributed by atoms with Crippen LogP contribution in [-0.4, -0.2) is 55.3 Å². The zero-order chi connectivity index (χ0) is 38.4. The van der Waals surface area contributed by atoms with Gasteiger partial charge in [-0.2, -0.15) is 0 Å². The molecule has 4 heterocycles. The highest BCUT2D eigenvalue weighted by Crippen LogP contribution is 2.32. The van der Waals surface area contributed by atoms with Crippen molar-refractivity contribution in [3.8, 4) is 0 Å². The number of amides is 5. The van der Waals surface area contributed by atoms with Crippen LogP contribution in [0.5, 0.6) is 0 Å². The van der Waals surface area contributed by atoms with Gasteiger partial charge in [0.05, 0.1) is 40.0 Å². The molecule has 1 N–H and O–H groups in total. The smallest absolute Gasteiger partial charge is 0.266 e. The van der Waals surface area contributed by atoms with Crippen LogP contribution in [0, 0.1) is 13.8 Å². The second kappa shape index (κ2) is 13.8. The third-order valence-electron chi connectivity index (χ3n) is 9.31. The number of anilines is 3. The molecule has 0 spiro atoms. The van der Waals surface area contributed by atoms with Gasteiger partial charge >= 0.3 is 0 Å². The van der Waals surface area contributed by atoms with Crippen LogP contribution >= 0.6 is 0 Å². The number of carbonyl (C=O) groups is 6. The van der Waals surface area contributed by atoms with E-state index < -0.39 is 29.5 Å². The third-order valence-corrected chi connectivity index (χ3v) is 9.31. The van der Waals surface area contributed by atoms with Crippen LogP contribution in [0.15, 0.2) is 110 Å². The number of Topliss-reactive ketones (excluding diaryl/α,β-unsaturated/α-hetero) is 1. The maximum atomic E-state index is 13.4. The molecular weight excluding hydrogens is 699 g/mol. The van der Waals surface area contributed by atoms with E-state index in [1.165, 1.54) is 36.4 Å². The lowest BCUT2D eigenvalue weighted by Crippen LogP contribution is -2.29. The summed E-state index contributed by atoms with van der Waals surface area (Å²) in [5, 5.41) is 2.59. The number of rotatable bonds is 9. The fraction of sp³-hybridized carbons (Fsp3) is 0.0952. The van der Waals surface area contributed by atoms with Gasteiger partial charge in [0.1, 0.15) is 5.82 Å². The van der Waals surface area contributed by atoms with Crippen molar-refractivity contribution in [2.24, 2.45) is 0 Å². The third kappa shape index (κ3) is 6.54. The lowest BCUT2D eigenvalue weighted by atomic mass is 10.0. The minimum absolute atomic E-state index is 0.0353. The summed E-state index contributed by atoms with van der Waals surface area (Å²) in [4.78, 5) is 97.9. The quantitative estimate of drug-likeness (QED) is 0.143. The number of hydrogen-bond acceptors (Lipinski definition) is 10. The Kier molecular flexibility index (Phi) is 8.66. The first-order valence-corrected chi connectivity index (χ1v) is 17.2. The highest BCUT2D eigenvalue weighted by Gasteiger charge is 2.38. The zero-order valence-electron chi connectivity index (χ0n) is 29.4. The molecule has 5 amide bonds. The predicted molar refractivity (Wildman–Crippen MR) is 200 cm³/mol. The summed E-state index contributed by atoms with van der Waals surface area (Å²) in [5.74, 6) is -2.33. The average molecular weight is 728 g/mol. The predicted octanol–water partition coefficient (Wildman–Crippen LogP) is 5.75. The van der Waals surface area contributed by atoms with Crippen LogP contribution in [0.2, 0.25) is 0 Å². The van der Waals surface area contributed by atoms with E-state index in [1.807, 2.05) is 26.0 Å². The highest BCUT2D eigenvalue weighted by molar-refractivity contribution is 6.35. The number of imide groups is 2. The van der Waals surface area contributed by atoms with E-state index in [9.17, 15) is 28.8 Å². The van der Waals surface area contributed by atoms with Crippen LogP contribution in [0.1, 0.15) is 90.2 Å². The van der Waals surface area contributed by atoms with Crippen molar-refractivity contribution >= 4 is 52.6 Å². The number of aromatic nitrogens is 4. The summed E-state index contributed by atoms with van der Waals surface area (Å²) >= 11 is 0. The number of hydrogen-bond donors (Lipinski definition) is 1. The van der Waals surface area contributed by atoms with Crippen molar-refractivity contribution < 1.29 is 28.8 Å². The van der Waals surface area contributed by atoms with Gasteiger partial charge in [0, 0.05) is 35.9 Å². The molecular formula is C42H29N7O6. The van der Waals surface area contributed by atoms with Crippen LogP contribution in [0.25, 0.3) is 0 Å². The summed E-state index contributed by atoms with van der Waals surface area (Å²) in [6, 6.07) is 22.8. The maximum Gasteiger partial charge on any atom is 0.266 e. The molecule has 8 rings (SSSR count). The number of fused-ring (bicyclic) bond motifs is 2. The molecule has 6 aromatic rings. The number of nitrogens with zero attached hydrogens (tertiary/aromatic N) is 6. The summed E-state index contributed by atoms with van der Waals surface area (Å²) < 4.78 is 0. The van der Waals surface area contributed by atoms with Gasteiger partial charge in [-0.05, 0) is 97.1 Å². The van der Waals surface area contributed by atoms with Gasteiger partial charge in [0.2, 0.25) is 5.95 Å². The normalized spacial score (nSPS) is 13.3. The van der Waals surface area contributed by atoms with Crippen LogP contribution in [-0.2, 0) is 12.8 Å². The Bertz CT molecular complexity index is 2410. The van der Waals surface area contributed by atoms with Crippen molar-refractivity contribution in [1.29, 1.82) is 0 Å². The van der Waals surface area contributed by atoms with Gasteiger partial charge in [0.15, 0.2) is 5.78 Å². The molecule has 268 valence electrons. The molecule has 13 nitrogen and oxygen atoms in total. The van der Waals surface area contributed by atoms with Crippen molar-refractivity contribution in [2.45, 2.75) is 26.7 Å². The lowest BCUT2D eigenvalue weighted by Gasteiger charge is -2.15. The van der Waals surface area contributed by atoms with E-state index in [4.69, 9.17) is 0 Å². The fourth-order valence-electron chi connectivity index (χ4n) is 6.41. The fourth-order valence-corrected chi connectivity index (χ4v) is 6.41. The first-order chi connectivity index (χ1) is 26.5. The topological polar surface area (TPSA) is 172 Å². The first kappa shape index (κ1) is 34.5. The molecule has 0 bridgehead atoms. The molecule has 13 heteroatoms. The molecule has 0 unspecified atom stereocenters. The van der Waals surface area contributed by atoms with Crippen molar-refractivity contribution in [3.05, 3.63) is 171 Å². The molecule has 0 radical (unpaired) electrons. The Labute approximate surface area is 313 Å². The Morgan fingerprint density at radius 1 is 0.545 bits per heavy atom. The summed E-state index contributed by atoms with van der Waals surface area (Å²) in [6.45, 7) is 3.67. The second-order valence-electron chi connectivity index (χ2n) is 13.2. The molecule has 0 atom stereocenters. The molecule has 55 heavy (non-hydrogen) atoms. The summed E-state index contributed by atoms with van der Waals surface area (Å²) in [6.07, 6.45) is 6.86. The largest absolute Gasteiger partial charge is 0.294 e. The molecule has 4 aromatic carbocycles. The summed E-state index contributed by atoms with van der Waals surface area (Å²) in [7, 11) is 0. The zero-order valence-corrected chi connectivity index (χ0v) is 29.4. The molecule has 0 saturated heterocycles. The van der Waals surface area contributed by atoms with Gasteiger partial charge < -0.3 is 0 Å². The standard InChI is InChI=1S/C42H29N7O6/c1-23-19-43-36(44-20-23)18-35(50)27-7-13-31-33(16-27)40(54)48(38(31)52)29-9-3-25(4-10-29)15-26-5-11-30(12-6-26)49-39(53)32-14-8-28(17-34(32)41(49)55)37(51)47-42-45-21-24(2)22-46-42/h3-14,16-17,19-22H,15,18H2,1-2H3,(H,45,46,47,51). The van der Waals surface area contributed by atoms with Crippen LogP contribution in [0.3, 0.4) is 0 Å². The molecule has 0 saturated carbocycles. The Morgan fingerprint density at radius 2 is 0.982 bits per heavy atom. The number of benzene rings is 4. The molecule has 2 aliphatic heterocycles.